The van der Waals surface area contributed by atoms with E-state index in [1.165, 1.54) is 11.3 Å². The fourth-order valence-corrected chi connectivity index (χ4v) is 3.62. The zero-order chi connectivity index (χ0) is 15.9. The van der Waals surface area contributed by atoms with Gasteiger partial charge in [0, 0.05) is 30.4 Å². The Labute approximate surface area is 141 Å². The van der Waals surface area contributed by atoms with Gasteiger partial charge in [0.05, 0.1) is 5.52 Å². The lowest BCUT2D eigenvalue weighted by Gasteiger charge is -2.16. The number of rotatable bonds is 3. The van der Waals surface area contributed by atoms with Crippen molar-refractivity contribution in [2.45, 2.75) is 5.88 Å². The second kappa shape index (κ2) is 5.91. The predicted octanol–water partition coefficient (Wildman–Crippen LogP) is 3.91. The molecule has 0 radical (unpaired) electrons. The molecule has 3 rings (SSSR count). The fourth-order valence-electron chi connectivity index (χ4n) is 2.29. The Morgan fingerprint density at radius 2 is 2.09 bits per heavy atom. The molecule has 0 bridgehead atoms. The minimum Gasteiger partial charge on any atom is -0.362 e. The van der Waals surface area contributed by atoms with Crippen LogP contribution in [0.4, 0.5) is 5.82 Å². The Morgan fingerprint density at radius 1 is 1.32 bits per heavy atom. The van der Waals surface area contributed by atoms with Crippen molar-refractivity contribution in [3.05, 3.63) is 50.7 Å². The molecule has 2 heterocycles. The van der Waals surface area contributed by atoms with E-state index in [-0.39, 0.29) is 5.69 Å². The van der Waals surface area contributed by atoms with Crippen LogP contribution in [0.3, 0.4) is 0 Å². The summed E-state index contributed by atoms with van der Waals surface area (Å²) in [6.07, 6.45) is 0. The summed E-state index contributed by atoms with van der Waals surface area (Å²) in [5, 5.41) is 4.16. The maximum atomic E-state index is 12.5. The van der Waals surface area contributed by atoms with Gasteiger partial charge < -0.3 is 4.90 Å². The van der Waals surface area contributed by atoms with Crippen molar-refractivity contribution in [3.63, 3.8) is 0 Å². The normalized spacial score (nSPS) is 11.1. The average Bonchev–Trinajstić information content (AvgIpc) is 2.94. The summed E-state index contributed by atoms with van der Waals surface area (Å²) in [5.41, 5.74) is 1.38. The smallest absolute Gasteiger partial charge is 0.355 e. The van der Waals surface area contributed by atoms with E-state index >= 15 is 0 Å². The number of benzene rings is 1. The number of halogens is 2. The predicted molar refractivity (Wildman–Crippen MR) is 94.1 cm³/mol. The Balaban J connectivity index is 2.39. The Bertz CT molecular complexity index is 901. The third kappa shape index (κ3) is 2.60. The van der Waals surface area contributed by atoms with Crippen molar-refractivity contribution in [1.29, 1.82) is 0 Å². The molecule has 0 atom stereocenters. The molecule has 0 aliphatic rings. The molecule has 3 aromatic rings. The van der Waals surface area contributed by atoms with Crippen LogP contribution in [0.5, 0.6) is 0 Å². The molecule has 0 aliphatic carbocycles. The van der Waals surface area contributed by atoms with E-state index in [9.17, 15) is 4.79 Å². The summed E-state index contributed by atoms with van der Waals surface area (Å²) in [7, 11) is 3.72. The largest absolute Gasteiger partial charge is 0.362 e. The van der Waals surface area contributed by atoms with Gasteiger partial charge in [0.1, 0.15) is 10.8 Å². The van der Waals surface area contributed by atoms with E-state index in [1.807, 2.05) is 36.5 Å². The molecule has 2 aromatic heterocycles. The van der Waals surface area contributed by atoms with Crippen molar-refractivity contribution in [2.24, 2.45) is 0 Å². The molecule has 7 heteroatoms. The lowest BCUT2D eigenvalue weighted by Crippen LogP contribution is -2.25. The first-order valence-electron chi connectivity index (χ1n) is 6.54. The first-order valence-corrected chi connectivity index (χ1v) is 8.34. The summed E-state index contributed by atoms with van der Waals surface area (Å²) in [5.74, 6) is 1.04. The molecule has 0 saturated carbocycles. The van der Waals surface area contributed by atoms with E-state index in [2.05, 4.69) is 4.98 Å². The van der Waals surface area contributed by atoms with Gasteiger partial charge in [-0.1, -0.05) is 11.6 Å². The highest BCUT2D eigenvalue weighted by molar-refractivity contribution is 7.12. The van der Waals surface area contributed by atoms with Gasteiger partial charge >= 0.3 is 5.69 Å². The number of anilines is 1. The second-order valence-electron chi connectivity index (χ2n) is 5.04. The van der Waals surface area contributed by atoms with Gasteiger partial charge in [-0.25, -0.2) is 4.79 Å². The van der Waals surface area contributed by atoms with Crippen molar-refractivity contribution >= 4 is 51.3 Å². The zero-order valence-corrected chi connectivity index (χ0v) is 14.3. The summed E-state index contributed by atoms with van der Waals surface area (Å²) in [4.78, 5) is 18.5. The van der Waals surface area contributed by atoms with Crippen molar-refractivity contribution in [2.75, 3.05) is 19.0 Å². The third-order valence-corrected chi connectivity index (χ3v) is 4.78. The van der Waals surface area contributed by atoms with E-state index < -0.39 is 0 Å². The number of fused-ring (bicyclic) bond motifs is 1. The summed E-state index contributed by atoms with van der Waals surface area (Å²) in [6.45, 7) is 0. The number of aromatic nitrogens is 2. The van der Waals surface area contributed by atoms with Crippen LogP contribution >= 0.6 is 34.5 Å². The molecular weight excluding hydrogens is 341 g/mol. The SMILES string of the molecule is CN(C)c1nc(=O)n(-c2cc(CCl)cs2)c2cc(Cl)ccc12. The lowest BCUT2D eigenvalue weighted by atomic mass is 10.2. The van der Waals surface area contributed by atoms with E-state index in [1.54, 1.807) is 16.7 Å². The number of hydrogen-bond donors (Lipinski definition) is 0. The van der Waals surface area contributed by atoms with Gasteiger partial charge in [0.15, 0.2) is 0 Å². The minimum atomic E-state index is -0.332. The monoisotopic (exact) mass is 353 g/mol. The van der Waals surface area contributed by atoms with Gasteiger partial charge in [-0.2, -0.15) is 4.98 Å². The highest BCUT2D eigenvalue weighted by Crippen LogP contribution is 2.28. The highest BCUT2D eigenvalue weighted by Gasteiger charge is 2.15. The molecule has 22 heavy (non-hydrogen) atoms. The van der Waals surface area contributed by atoms with Gasteiger partial charge in [-0.3, -0.25) is 4.57 Å². The second-order valence-corrected chi connectivity index (χ2v) is 6.63. The highest BCUT2D eigenvalue weighted by atomic mass is 35.5. The lowest BCUT2D eigenvalue weighted by molar-refractivity contribution is 0.948. The number of thiophene rings is 1. The van der Waals surface area contributed by atoms with Crippen LogP contribution in [0.15, 0.2) is 34.4 Å². The van der Waals surface area contributed by atoms with Crippen LogP contribution in [0.2, 0.25) is 5.02 Å². The van der Waals surface area contributed by atoms with Crippen LogP contribution in [0.25, 0.3) is 15.9 Å². The molecule has 4 nitrogen and oxygen atoms in total. The minimum absolute atomic E-state index is 0.332. The topological polar surface area (TPSA) is 38.1 Å². The van der Waals surface area contributed by atoms with Gasteiger partial charge in [-0.15, -0.1) is 22.9 Å². The van der Waals surface area contributed by atoms with Crippen molar-refractivity contribution in [3.8, 4) is 5.00 Å². The summed E-state index contributed by atoms with van der Waals surface area (Å²) < 4.78 is 1.58. The Morgan fingerprint density at radius 3 is 2.73 bits per heavy atom. The fraction of sp³-hybridized carbons (Fsp3) is 0.200. The first-order chi connectivity index (χ1) is 10.5. The molecule has 0 unspecified atom stereocenters. The van der Waals surface area contributed by atoms with Crippen LogP contribution < -0.4 is 10.6 Å². The molecule has 114 valence electrons. The quantitative estimate of drug-likeness (QED) is 0.670. The Kier molecular flexibility index (Phi) is 4.12. The first kappa shape index (κ1) is 15.3. The van der Waals surface area contributed by atoms with Gasteiger partial charge in [0.25, 0.3) is 0 Å². The number of alkyl halides is 1. The maximum absolute atomic E-state index is 12.5. The van der Waals surface area contributed by atoms with Crippen molar-refractivity contribution in [1.82, 2.24) is 9.55 Å². The molecule has 0 aliphatic heterocycles. The van der Waals surface area contributed by atoms with E-state index in [0.717, 1.165) is 21.5 Å². The number of nitrogens with zero attached hydrogens (tertiary/aromatic N) is 3. The summed E-state index contributed by atoms with van der Waals surface area (Å²) in [6, 6.07) is 7.36. The Hall–Kier alpha value is -1.56. The van der Waals surface area contributed by atoms with Crippen LogP contribution in [0, 0.1) is 0 Å². The third-order valence-electron chi connectivity index (χ3n) is 3.27. The molecule has 1 aromatic carbocycles. The van der Waals surface area contributed by atoms with Crippen molar-refractivity contribution < 1.29 is 0 Å². The molecule has 0 fully saturated rings. The summed E-state index contributed by atoms with van der Waals surface area (Å²) >= 11 is 13.4. The van der Waals surface area contributed by atoms with Gasteiger partial charge in [-0.05, 0) is 35.2 Å². The maximum Gasteiger partial charge on any atom is 0.355 e. The molecule has 0 saturated heterocycles. The average molecular weight is 354 g/mol. The van der Waals surface area contributed by atoms with E-state index in [0.29, 0.717) is 16.7 Å². The van der Waals surface area contributed by atoms with Gasteiger partial charge in [0.2, 0.25) is 0 Å². The molecular formula is C15H13Cl2N3OS. The van der Waals surface area contributed by atoms with Crippen LogP contribution in [-0.4, -0.2) is 23.6 Å². The molecule has 0 spiro atoms. The van der Waals surface area contributed by atoms with Crippen LogP contribution in [0.1, 0.15) is 5.56 Å². The van der Waals surface area contributed by atoms with Crippen LogP contribution in [-0.2, 0) is 5.88 Å². The molecule has 0 N–H and O–H groups in total. The number of hydrogen-bond acceptors (Lipinski definition) is 4. The van der Waals surface area contributed by atoms with E-state index in [4.69, 9.17) is 23.2 Å². The molecule has 0 amide bonds. The zero-order valence-electron chi connectivity index (χ0n) is 12.0. The standard InChI is InChI=1S/C15H13Cl2N3OS/c1-19(2)14-11-4-3-10(17)6-12(11)20(15(21)18-14)13-5-9(7-16)8-22-13/h3-6,8H,7H2,1-2H3.